The molecule has 8 heteroatoms. The highest BCUT2D eigenvalue weighted by Gasteiger charge is 2.00. The predicted octanol–water partition coefficient (Wildman–Crippen LogP) is -1.01. The van der Waals surface area contributed by atoms with Crippen molar-refractivity contribution in [2.24, 2.45) is 16.8 Å². The first-order chi connectivity index (χ1) is 7.85. The molecule has 0 aromatic rings. The largest absolute Gasteiger partial charge is 0.355 e. The Morgan fingerprint density at radius 1 is 1.35 bits per heavy atom. The standard InChI is InChI=1S/C9H23N5O2S/c1-8(2)7-12-9(14-10)11-5-4-6-13-17(3,15)16/h8,13H,4-7,10H2,1-3H3,(H2,11,12,14). The van der Waals surface area contributed by atoms with Gasteiger partial charge in [-0.3, -0.25) is 10.4 Å². The number of aliphatic imine (C=N–C) groups is 1. The minimum absolute atomic E-state index is 0.397. The van der Waals surface area contributed by atoms with Crippen LogP contribution in [0.15, 0.2) is 4.99 Å². The number of nitrogens with two attached hydrogens (primary N) is 1. The number of rotatable bonds is 7. The molecule has 17 heavy (non-hydrogen) atoms. The highest BCUT2D eigenvalue weighted by atomic mass is 32.2. The van der Waals surface area contributed by atoms with Crippen LogP contribution in [0.4, 0.5) is 0 Å². The summed E-state index contributed by atoms with van der Waals surface area (Å²) in [6.45, 7) is 5.81. The molecule has 0 aliphatic carbocycles. The summed E-state index contributed by atoms with van der Waals surface area (Å²) in [7, 11) is -3.10. The third-order valence-corrected chi connectivity index (χ3v) is 2.49. The van der Waals surface area contributed by atoms with Crippen molar-refractivity contribution in [3.05, 3.63) is 0 Å². The summed E-state index contributed by atoms with van der Waals surface area (Å²) in [6.07, 6.45) is 1.80. The minimum Gasteiger partial charge on any atom is -0.355 e. The van der Waals surface area contributed by atoms with Crippen molar-refractivity contribution in [1.82, 2.24) is 15.5 Å². The van der Waals surface area contributed by atoms with Crippen LogP contribution in [0.5, 0.6) is 0 Å². The maximum atomic E-state index is 10.8. The van der Waals surface area contributed by atoms with Gasteiger partial charge in [0.05, 0.1) is 6.26 Å². The van der Waals surface area contributed by atoms with Gasteiger partial charge in [-0.05, 0) is 12.3 Å². The summed E-state index contributed by atoms with van der Waals surface area (Å²) in [6, 6.07) is 0. The molecule has 0 saturated heterocycles. The highest BCUT2D eigenvalue weighted by molar-refractivity contribution is 7.88. The molecule has 0 aliphatic heterocycles. The summed E-state index contributed by atoms with van der Waals surface area (Å²) in [4.78, 5) is 4.22. The molecule has 0 aliphatic rings. The Labute approximate surface area is 103 Å². The van der Waals surface area contributed by atoms with Crippen LogP contribution in [0.2, 0.25) is 0 Å². The normalized spacial score (nSPS) is 12.9. The second kappa shape index (κ2) is 8.26. The number of nitrogens with zero attached hydrogens (tertiary/aromatic N) is 1. The first-order valence-corrected chi connectivity index (χ1v) is 7.44. The number of hydrazine groups is 1. The average Bonchev–Trinajstić information content (AvgIpc) is 2.20. The molecule has 0 fully saturated rings. The van der Waals surface area contributed by atoms with Crippen LogP contribution in [0.3, 0.4) is 0 Å². The number of sulfonamides is 1. The molecule has 0 heterocycles. The molecule has 0 aromatic heterocycles. The van der Waals surface area contributed by atoms with E-state index in [-0.39, 0.29) is 0 Å². The Bertz CT molecular complexity index is 326. The molecule has 0 amide bonds. The Balaban J connectivity index is 3.74. The van der Waals surface area contributed by atoms with E-state index >= 15 is 0 Å². The van der Waals surface area contributed by atoms with E-state index in [4.69, 9.17) is 5.84 Å². The molecular weight excluding hydrogens is 242 g/mol. The zero-order chi connectivity index (χ0) is 13.3. The molecule has 0 aromatic carbocycles. The lowest BCUT2D eigenvalue weighted by atomic mass is 10.2. The molecule has 0 saturated carbocycles. The summed E-state index contributed by atoms with van der Waals surface area (Å²) in [5.74, 6) is 6.28. The molecule has 0 spiro atoms. The van der Waals surface area contributed by atoms with Gasteiger partial charge in [0, 0.05) is 19.6 Å². The van der Waals surface area contributed by atoms with Gasteiger partial charge in [0.25, 0.3) is 0 Å². The molecule has 0 bridgehead atoms. The van der Waals surface area contributed by atoms with Crippen molar-refractivity contribution in [2.45, 2.75) is 20.3 Å². The van der Waals surface area contributed by atoms with E-state index in [0.29, 0.717) is 37.9 Å². The van der Waals surface area contributed by atoms with E-state index in [1.165, 1.54) is 0 Å². The quantitative estimate of drug-likeness (QED) is 0.155. The van der Waals surface area contributed by atoms with Crippen molar-refractivity contribution < 1.29 is 8.42 Å². The summed E-state index contributed by atoms with van der Waals surface area (Å²) in [5.41, 5.74) is 2.46. The molecule has 0 atom stereocenters. The lowest BCUT2D eigenvalue weighted by Gasteiger charge is -2.10. The Kier molecular flexibility index (Phi) is 7.85. The molecule has 102 valence electrons. The fraction of sp³-hybridized carbons (Fsp3) is 0.889. The zero-order valence-corrected chi connectivity index (χ0v) is 11.5. The Morgan fingerprint density at radius 3 is 2.47 bits per heavy atom. The van der Waals surface area contributed by atoms with Crippen molar-refractivity contribution >= 4 is 16.0 Å². The molecule has 0 unspecified atom stereocenters. The number of guanidine groups is 1. The smallest absolute Gasteiger partial charge is 0.208 e. The van der Waals surface area contributed by atoms with Gasteiger partial charge in [0.1, 0.15) is 0 Å². The second-order valence-electron chi connectivity index (χ2n) is 4.17. The lowest BCUT2D eigenvalue weighted by molar-refractivity contribution is 0.584. The molecule has 0 radical (unpaired) electrons. The van der Waals surface area contributed by atoms with Crippen LogP contribution >= 0.6 is 0 Å². The number of hydrogen-bond donors (Lipinski definition) is 4. The van der Waals surface area contributed by atoms with Crippen LogP contribution in [0.25, 0.3) is 0 Å². The van der Waals surface area contributed by atoms with Crippen LogP contribution in [-0.2, 0) is 10.0 Å². The average molecular weight is 265 g/mol. The van der Waals surface area contributed by atoms with Gasteiger partial charge in [0.2, 0.25) is 16.0 Å². The Hall–Kier alpha value is -0.860. The number of nitrogens with one attached hydrogen (secondary N) is 3. The molecule has 5 N–H and O–H groups in total. The fourth-order valence-electron chi connectivity index (χ4n) is 0.979. The summed E-state index contributed by atoms with van der Waals surface area (Å²) in [5, 5.41) is 2.99. The van der Waals surface area contributed by atoms with E-state index in [2.05, 4.69) is 34.3 Å². The molecule has 0 rings (SSSR count). The van der Waals surface area contributed by atoms with Crippen LogP contribution in [0, 0.1) is 5.92 Å². The maximum absolute atomic E-state index is 10.8. The monoisotopic (exact) mass is 265 g/mol. The van der Waals surface area contributed by atoms with Gasteiger partial charge in [-0.2, -0.15) is 0 Å². The van der Waals surface area contributed by atoms with E-state index in [0.717, 1.165) is 6.26 Å². The third-order valence-electron chi connectivity index (χ3n) is 1.76. The van der Waals surface area contributed by atoms with Crippen LogP contribution in [0.1, 0.15) is 20.3 Å². The van der Waals surface area contributed by atoms with Crippen LogP contribution in [-0.4, -0.2) is 40.3 Å². The summed E-state index contributed by atoms with van der Waals surface area (Å²) < 4.78 is 24.0. The van der Waals surface area contributed by atoms with E-state index in [1.54, 1.807) is 0 Å². The zero-order valence-electron chi connectivity index (χ0n) is 10.7. The minimum atomic E-state index is -3.10. The third kappa shape index (κ3) is 11.4. The first kappa shape index (κ1) is 16.1. The first-order valence-electron chi connectivity index (χ1n) is 5.54. The fourth-order valence-corrected chi connectivity index (χ4v) is 1.49. The van der Waals surface area contributed by atoms with Gasteiger partial charge in [0.15, 0.2) is 0 Å². The van der Waals surface area contributed by atoms with Gasteiger partial charge in [-0.25, -0.2) is 19.0 Å². The van der Waals surface area contributed by atoms with Crippen molar-refractivity contribution in [3.8, 4) is 0 Å². The SMILES string of the molecule is CC(C)CN=C(NN)NCCCNS(C)(=O)=O. The van der Waals surface area contributed by atoms with E-state index in [1.807, 2.05) is 0 Å². The van der Waals surface area contributed by atoms with E-state index in [9.17, 15) is 8.42 Å². The van der Waals surface area contributed by atoms with Gasteiger partial charge in [-0.1, -0.05) is 13.8 Å². The molecule has 7 nitrogen and oxygen atoms in total. The van der Waals surface area contributed by atoms with Crippen LogP contribution < -0.4 is 21.3 Å². The van der Waals surface area contributed by atoms with Crippen molar-refractivity contribution in [3.63, 3.8) is 0 Å². The lowest BCUT2D eigenvalue weighted by Crippen LogP contribution is -2.42. The van der Waals surface area contributed by atoms with Crippen molar-refractivity contribution in [2.75, 3.05) is 25.9 Å². The van der Waals surface area contributed by atoms with Crippen molar-refractivity contribution in [1.29, 1.82) is 0 Å². The van der Waals surface area contributed by atoms with E-state index < -0.39 is 10.0 Å². The molecular formula is C9H23N5O2S. The highest BCUT2D eigenvalue weighted by Crippen LogP contribution is 1.90. The van der Waals surface area contributed by atoms with Gasteiger partial charge < -0.3 is 5.32 Å². The Morgan fingerprint density at radius 2 is 2.00 bits per heavy atom. The maximum Gasteiger partial charge on any atom is 0.208 e. The second-order valence-corrected chi connectivity index (χ2v) is 6.01. The number of hydrogen-bond acceptors (Lipinski definition) is 4. The summed E-state index contributed by atoms with van der Waals surface area (Å²) >= 11 is 0. The topological polar surface area (TPSA) is 109 Å². The van der Waals surface area contributed by atoms with Gasteiger partial charge in [-0.15, -0.1) is 0 Å². The van der Waals surface area contributed by atoms with Gasteiger partial charge >= 0.3 is 0 Å². The predicted molar refractivity (Wildman–Crippen MR) is 69.9 cm³/mol.